The molecular weight excluding hydrogens is 506 g/mol. The van der Waals surface area contributed by atoms with Crippen molar-refractivity contribution in [3.05, 3.63) is 46.8 Å². The molecule has 1 atom stereocenters. The van der Waals surface area contributed by atoms with Gasteiger partial charge in [0, 0.05) is 43.2 Å². The van der Waals surface area contributed by atoms with Crippen molar-refractivity contribution in [1.29, 1.82) is 5.41 Å². The van der Waals surface area contributed by atoms with E-state index in [0.717, 1.165) is 37.8 Å². The Balaban J connectivity index is 1.33. The van der Waals surface area contributed by atoms with Crippen LogP contribution in [0.15, 0.2) is 41.1 Å². The van der Waals surface area contributed by atoms with Crippen molar-refractivity contribution in [2.24, 2.45) is 12.0 Å². The van der Waals surface area contributed by atoms with E-state index in [0.29, 0.717) is 39.4 Å². The van der Waals surface area contributed by atoms with Crippen LogP contribution in [0.25, 0.3) is 11.2 Å². The number of hydrogen-bond acceptors (Lipinski definition) is 9. The second-order valence-corrected chi connectivity index (χ2v) is 11.2. The first kappa shape index (κ1) is 24.6. The number of aryl methyl sites for hydroxylation is 1. The molecule has 1 saturated heterocycles. The Labute approximate surface area is 225 Å². The van der Waals surface area contributed by atoms with Crippen LogP contribution < -0.4 is 15.4 Å². The van der Waals surface area contributed by atoms with Crippen molar-refractivity contribution in [2.75, 3.05) is 11.9 Å². The van der Waals surface area contributed by atoms with Crippen LogP contribution >= 0.6 is 11.6 Å². The van der Waals surface area contributed by atoms with E-state index in [2.05, 4.69) is 57.1 Å². The van der Waals surface area contributed by atoms with Crippen LogP contribution in [0.2, 0.25) is 5.02 Å². The number of nitrogens with zero attached hydrogens (tertiary/aromatic N) is 6. The van der Waals surface area contributed by atoms with Gasteiger partial charge in [-0.1, -0.05) is 32.4 Å². The van der Waals surface area contributed by atoms with Gasteiger partial charge in [0.15, 0.2) is 23.0 Å². The molecule has 198 valence electrons. The Morgan fingerprint density at radius 1 is 1.37 bits per heavy atom. The zero-order chi connectivity index (χ0) is 26.7. The monoisotopic (exact) mass is 535 g/mol. The highest BCUT2D eigenvalue weighted by atomic mass is 35.5. The Hall–Kier alpha value is -3.70. The fourth-order valence-corrected chi connectivity index (χ4v) is 5.38. The van der Waals surface area contributed by atoms with Crippen molar-refractivity contribution in [1.82, 2.24) is 29.6 Å². The summed E-state index contributed by atoms with van der Waals surface area (Å²) in [4.78, 5) is 13.2. The van der Waals surface area contributed by atoms with Gasteiger partial charge >= 0.3 is 0 Å². The standard InChI is InChI=1S/C26H30ClN9O2/c1-25(2,3)19-11-20(34-36(19)18-5-10-37-26(18)6-7-26)32-24-33-23-22(35(24)4)21(27)17(14-31-23)38-16(12-28)15-13-29-8-9-30-15/h8-9,11-14,18,28,30H,5-7,10H2,1-4H3,(H,31,32,33,34)/b16-15+,28-12?. The average molecular weight is 536 g/mol. The number of pyridine rings is 1. The van der Waals surface area contributed by atoms with E-state index >= 15 is 0 Å². The number of ether oxygens (including phenoxy) is 2. The Morgan fingerprint density at radius 3 is 2.87 bits per heavy atom. The SMILES string of the molecule is Cn1c(Nc2cc(C(C)(C)C)n(C3CCOC34CC4)n2)nc2ncc(O/C(C=N)=C3\C=NC=CN3)c(Cl)c21. The molecule has 3 aromatic rings. The quantitative estimate of drug-likeness (QED) is 0.307. The van der Waals surface area contributed by atoms with Crippen molar-refractivity contribution in [3.8, 4) is 5.75 Å². The molecule has 3 aromatic heterocycles. The van der Waals surface area contributed by atoms with Gasteiger partial charge in [0.25, 0.3) is 0 Å². The third-order valence-electron chi connectivity index (χ3n) is 7.19. The second kappa shape index (κ2) is 8.95. The van der Waals surface area contributed by atoms with E-state index in [4.69, 9.17) is 31.6 Å². The lowest BCUT2D eigenvalue weighted by molar-refractivity contribution is 0.0668. The first-order chi connectivity index (χ1) is 18.2. The maximum Gasteiger partial charge on any atom is 0.210 e. The average Bonchev–Trinajstić information content (AvgIpc) is 3.19. The number of aromatic nitrogens is 5. The lowest BCUT2D eigenvalue weighted by atomic mass is 9.91. The molecular formula is C26H30ClN9O2. The van der Waals surface area contributed by atoms with Gasteiger partial charge in [0.05, 0.1) is 30.3 Å². The van der Waals surface area contributed by atoms with E-state index in [1.54, 1.807) is 18.6 Å². The van der Waals surface area contributed by atoms with Gasteiger partial charge in [-0.2, -0.15) is 10.1 Å². The first-order valence-corrected chi connectivity index (χ1v) is 13.0. The highest BCUT2D eigenvalue weighted by Crippen LogP contribution is 2.54. The largest absolute Gasteiger partial charge is 0.450 e. The Bertz CT molecular complexity index is 1520. The fraction of sp³-hybridized carbons (Fsp3) is 0.423. The van der Waals surface area contributed by atoms with Crippen LogP contribution in [0.4, 0.5) is 11.8 Å². The number of hydrogen-bond donors (Lipinski definition) is 3. The minimum Gasteiger partial charge on any atom is -0.450 e. The van der Waals surface area contributed by atoms with Crippen LogP contribution in [0.3, 0.4) is 0 Å². The predicted molar refractivity (Wildman–Crippen MR) is 147 cm³/mol. The highest BCUT2D eigenvalue weighted by molar-refractivity contribution is 6.36. The number of imidazole rings is 1. The molecule has 0 bridgehead atoms. The summed E-state index contributed by atoms with van der Waals surface area (Å²) >= 11 is 6.76. The molecule has 1 unspecified atom stereocenters. The van der Waals surface area contributed by atoms with Crippen molar-refractivity contribution >= 4 is 47.0 Å². The smallest absolute Gasteiger partial charge is 0.210 e. The van der Waals surface area contributed by atoms with Crippen molar-refractivity contribution in [3.63, 3.8) is 0 Å². The van der Waals surface area contributed by atoms with Gasteiger partial charge in [-0.15, -0.1) is 0 Å². The van der Waals surface area contributed by atoms with Crippen LogP contribution in [0.1, 0.15) is 51.8 Å². The van der Waals surface area contributed by atoms with Crippen LogP contribution in [0, 0.1) is 5.41 Å². The number of rotatable bonds is 6. The zero-order valence-corrected chi connectivity index (χ0v) is 22.5. The van der Waals surface area contributed by atoms with E-state index in [-0.39, 0.29) is 22.8 Å². The first-order valence-electron chi connectivity index (χ1n) is 12.6. The molecule has 5 heterocycles. The minimum absolute atomic E-state index is 0.0606. The van der Waals surface area contributed by atoms with Gasteiger partial charge in [-0.25, -0.2) is 4.98 Å². The maximum atomic E-state index is 7.76. The number of fused-ring (bicyclic) bond motifs is 1. The van der Waals surface area contributed by atoms with Crippen LogP contribution in [-0.4, -0.2) is 49.0 Å². The third-order valence-corrected chi connectivity index (χ3v) is 7.56. The molecule has 1 saturated carbocycles. The van der Waals surface area contributed by atoms with E-state index < -0.39 is 0 Å². The molecule has 0 amide bonds. The van der Waals surface area contributed by atoms with Crippen LogP contribution in [-0.2, 0) is 17.2 Å². The van der Waals surface area contributed by atoms with Gasteiger partial charge in [0.2, 0.25) is 5.95 Å². The van der Waals surface area contributed by atoms with Gasteiger partial charge in [-0.3, -0.25) is 9.67 Å². The van der Waals surface area contributed by atoms with Crippen LogP contribution in [0.5, 0.6) is 5.75 Å². The summed E-state index contributed by atoms with van der Waals surface area (Å²) in [7, 11) is 1.86. The molecule has 1 spiro atoms. The molecule has 3 N–H and O–H groups in total. The number of halogens is 1. The second-order valence-electron chi connectivity index (χ2n) is 10.8. The van der Waals surface area contributed by atoms with Crippen molar-refractivity contribution < 1.29 is 9.47 Å². The summed E-state index contributed by atoms with van der Waals surface area (Å²) in [6, 6.07) is 2.33. The number of nitrogens with one attached hydrogen (secondary N) is 3. The van der Waals surface area contributed by atoms with E-state index in [1.165, 1.54) is 6.20 Å². The molecule has 11 nitrogen and oxygen atoms in total. The summed E-state index contributed by atoms with van der Waals surface area (Å²) < 4.78 is 16.0. The Morgan fingerprint density at radius 2 is 2.18 bits per heavy atom. The van der Waals surface area contributed by atoms with Gasteiger partial charge in [-0.05, 0) is 19.3 Å². The van der Waals surface area contributed by atoms with E-state index in [9.17, 15) is 0 Å². The molecule has 0 aromatic carbocycles. The molecule has 2 aliphatic heterocycles. The molecule has 38 heavy (non-hydrogen) atoms. The van der Waals surface area contributed by atoms with Crippen molar-refractivity contribution in [2.45, 2.75) is 57.1 Å². The molecule has 12 heteroatoms. The summed E-state index contributed by atoms with van der Waals surface area (Å²) in [5.41, 5.74) is 2.60. The highest BCUT2D eigenvalue weighted by Gasteiger charge is 2.56. The lowest BCUT2D eigenvalue weighted by Crippen LogP contribution is -2.28. The lowest BCUT2D eigenvalue weighted by Gasteiger charge is -2.26. The minimum atomic E-state index is -0.0934. The molecule has 0 radical (unpaired) electrons. The molecule has 3 aliphatic rings. The van der Waals surface area contributed by atoms with Gasteiger partial charge < -0.3 is 30.1 Å². The normalized spacial score (nSPS) is 21.1. The summed E-state index contributed by atoms with van der Waals surface area (Å²) in [5, 5.41) is 19.5. The molecule has 1 aliphatic carbocycles. The Kier molecular flexibility index (Phi) is 5.80. The number of anilines is 2. The maximum absolute atomic E-state index is 7.76. The third kappa shape index (κ3) is 4.15. The molecule has 6 rings (SSSR count). The summed E-state index contributed by atoms with van der Waals surface area (Å²) in [6.07, 6.45) is 10.6. The topological polar surface area (TPSA) is 127 Å². The zero-order valence-electron chi connectivity index (χ0n) is 21.7. The number of allylic oxidation sites excluding steroid dienone is 2. The molecule has 2 fully saturated rings. The predicted octanol–water partition coefficient (Wildman–Crippen LogP) is 4.74. The fourth-order valence-electron chi connectivity index (χ4n) is 5.08. The van der Waals surface area contributed by atoms with E-state index in [1.807, 2.05) is 11.6 Å². The number of aliphatic imine (C=N–C) groups is 1. The van der Waals surface area contributed by atoms with Gasteiger partial charge in [0.1, 0.15) is 16.2 Å². The summed E-state index contributed by atoms with van der Waals surface area (Å²) in [6.45, 7) is 7.36. The summed E-state index contributed by atoms with van der Waals surface area (Å²) in [5.74, 6) is 1.82.